The summed E-state index contributed by atoms with van der Waals surface area (Å²) in [6.07, 6.45) is 1.80. The highest BCUT2D eigenvalue weighted by Gasteiger charge is 2.17. The number of ether oxygens (including phenoxy) is 2. The molecule has 0 spiro atoms. The summed E-state index contributed by atoms with van der Waals surface area (Å²) in [4.78, 5) is 13.6. The van der Waals surface area contributed by atoms with Crippen LogP contribution >= 0.6 is 0 Å². The van der Waals surface area contributed by atoms with Gasteiger partial charge in [-0.3, -0.25) is 4.90 Å². The third-order valence-electron chi connectivity index (χ3n) is 4.41. The molecule has 136 valence electrons. The summed E-state index contributed by atoms with van der Waals surface area (Å²) in [7, 11) is 0. The van der Waals surface area contributed by atoms with Crippen LogP contribution in [-0.2, 0) is 16.1 Å². The third-order valence-corrected chi connectivity index (χ3v) is 4.41. The van der Waals surface area contributed by atoms with Gasteiger partial charge in [-0.1, -0.05) is 43.0 Å². The SMILES string of the molecule is C=C(C)C(=O)OCCCCN1COc2ccc(-c3ccccc3)cc2C1. The van der Waals surface area contributed by atoms with Crippen molar-refractivity contribution in [3.8, 4) is 16.9 Å². The number of carbonyl (C=O) groups excluding carboxylic acids is 1. The van der Waals surface area contributed by atoms with Gasteiger partial charge in [0.1, 0.15) is 12.5 Å². The summed E-state index contributed by atoms with van der Waals surface area (Å²) in [6.45, 7) is 8.07. The maximum Gasteiger partial charge on any atom is 0.333 e. The largest absolute Gasteiger partial charge is 0.478 e. The lowest BCUT2D eigenvalue weighted by Crippen LogP contribution is -2.32. The normalized spacial score (nSPS) is 13.6. The van der Waals surface area contributed by atoms with Crippen LogP contribution in [0.4, 0.5) is 0 Å². The lowest BCUT2D eigenvalue weighted by atomic mass is 10.0. The van der Waals surface area contributed by atoms with Gasteiger partial charge in [-0.25, -0.2) is 4.79 Å². The standard InChI is InChI=1S/C22H25NO3/c1-17(2)22(24)25-13-7-6-12-23-15-20-14-19(10-11-21(20)26-16-23)18-8-4-3-5-9-18/h3-5,8-11,14H,1,6-7,12-13,15-16H2,2H3. The predicted octanol–water partition coefficient (Wildman–Crippen LogP) is 4.41. The zero-order valence-corrected chi connectivity index (χ0v) is 15.2. The molecule has 0 saturated heterocycles. The Morgan fingerprint density at radius 2 is 1.96 bits per heavy atom. The molecule has 3 rings (SSSR count). The third kappa shape index (κ3) is 4.73. The summed E-state index contributed by atoms with van der Waals surface area (Å²) < 4.78 is 11.0. The van der Waals surface area contributed by atoms with Crippen molar-refractivity contribution >= 4 is 5.97 Å². The quantitative estimate of drug-likeness (QED) is 0.421. The minimum absolute atomic E-state index is 0.311. The van der Waals surface area contributed by atoms with Crippen molar-refractivity contribution in [3.63, 3.8) is 0 Å². The minimum Gasteiger partial charge on any atom is -0.478 e. The molecule has 1 heterocycles. The van der Waals surface area contributed by atoms with Gasteiger partial charge in [-0.15, -0.1) is 0 Å². The van der Waals surface area contributed by atoms with Gasteiger partial charge < -0.3 is 9.47 Å². The van der Waals surface area contributed by atoms with E-state index in [-0.39, 0.29) is 5.97 Å². The van der Waals surface area contributed by atoms with Gasteiger partial charge in [0.15, 0.2) is 0 Å². The van der Waals surface area contributed by atoms with Gasteiger partial charge in [-0.05, 0) is 43.0 Å². The Kier molecular flexibility index (Phi) is 6.08. The van der Waals surface area contributed by atoms with E-state index in [0.717, 1.165) is 31.7 Å². The van der Waals surface area contributed by atoms with E-state index >= 15 is 0 Å². The molecule has 0 unspecified atom stereocenters. The highest BCUT2D eigenvalue weighted by atomic mass is 16.5. The molecule has 4 heteroatoms. The Morgan fingerprint density at radius 1 is 1.15 bits per heavy atom. The van der Waals surface area contributed by atoms with E-state index in [9.17, 15) is 4.79 Å². The minimum atomic E-state index is -0.311. The van der Waals surface area contributed by atoms with Crippen molar-refractivity contribution in [1.82, 2.24) is 4.90 Å². The van der Waals surface area contributed by atoms with Crippen molar-refractivity contribution in [3.05, 3.63) is 66.2 Å². The lowest BCUT2D eigenvalue weighted by molar-refractivity contribution is -0.139. The molecule has 0 radical (unpaired) electrons. The molecule has 2 aromatic carbocycles. The van der Waals surface area contributed by atoms with Crippen LogP contribution in [-0.4, -0.2) is 30.8 Å². The van der Waals surface area contributed by atoms with Crippen molar-refractivity contribution < 1.29 is 14.3 Å². The van der Waals surface area contributed by atoms with Gasteiger partial charge in [0.05, 0.1) is 6.61 Å². The molecule has 26 heavy (non-hydrogen) atoms. The molecule has 0 bridgehead atoms. The van der Waals surface area contributed by atoms with Crippen molar-refractivity contribution in [2.45, 2.75) is 26.3 Å². The first kappa shape index (κ1) is 18.2. The summed E-state index contributed by atoms with van der Waals surface area (Å²) >= 11 is 0. The van der Waals surface area contributed by atoms with E-state index in [0.29, 0.717) is 18.9 Å². The topological polar surface area (TPSA) is 38.8 Å². The first-order valence-electron chi connectivity index (χ1n) is 8.99. The molecule has 4 nitrogen and oxygen atoms in total. The predicted molar refractivity (Wildman–Crippen MR) is 103 cm³/mol. The van der Waals surface area contributed by atoms with Crippen LogP contribution in [0.1, 0.15) is 25.3 Å². The van der Waals surface area contributed by atoms with Crippen molar-refractivity contribution in [2.24, 2.45) is 0 Å². The van der Waals surface area contributed by atoms with Crippen LogP contribution in [0.3, 0.4) is 0 Å². The molecule has 0 N–H and O–H groups in total. The Balaban J connectivity index is 1.51. The van der Waals surface area contributed by atoms with Crippen LogP contribution in [0.25, 0.3) is 11.1 Å². The fourth-order valence-corrected chi connectivity index (χ4v) is 2.97. The number of benzene rings is 2. The van der Waals surface area contributed by atoms with E-state index in [1.165, 1.54) is 16.7 Å². The van der Waals surface area contributed by atoms with Gasteiger partial charge in [0, 0.05) is 24.2 Å². The number of carbonyl (C=O) groups is 1. The number of nitrogens with zero attached hydrogens (tertiary/aromatic N) is 1. The molecule has 1 aliphatic heterocycles. The highest BCUT2D eigenvalue weighted by molar-refractivity contribution is 5.86. The Hall–Kier alpha value is -2.59. The van der Waals surface area contributed by atoms with Gasteiger partial charge in [-0.2, -0.15) is 0 Å². The molecule has 0 fully saturated rings. The molecular weight excluding hydrogens is 326 g/mol. The van der Waals surface area contributed by atoms with Crippen LogP contribution in [0.15, 0.2) is 60.7 Å². The zero-order valence-electron chi connectivity index (χ0n) is 15.2. The van der Waals surface area contributed by atoms with Gasteiger partial charge >= 0.3 is 5.97 Å². The number of fused-ring (bicyclic) bond motifs is 1. The number of hydrogen-bond donors (Lipinski definition) is 0. The summed E-state index contributed by atoms with van der Waals surface area (Å²) in [5, 5.41) is 0. The Labute approximate surface area is 155 Å². The fourth-order valence-electron chi connectivity index (χ4n) is 2.97. The Bertz CT molecular complexity index is 770. The van der Waals surface area contributed by atoms with Gasteiger partial charge in [0.25, 0.3) is 0 Å². The van der Waals surface area contributed by atoms with Crippen LogP contribution in [0.5, 0.6) is 5.75 Å². The smallest absolute Gasteiger partial charge is 0.333 e. The number of esters is 1. The number of hydrogen-bond acceptors (Lipinski definition) is 4. The molecule has 2 aromatic rings. The van der Waals surface area contributed by atoms with E-state index in [1.807, 2.05) is 6.07 Å². The first-order chi connectivity index (χ1) is 12.6. The van der Waals surface area contributed by atoms with Gasteiger partial charge in [0.2, 0.25) is 0 Å². The zero-order chi connectivity index (χ0) is 18.4. The number of unbranched alkanes of at least 4 members (excludes halogenated alkanes) is 1. The van der Waals surface area contributed by atoms with E-state index in [1.54, 1.807) is 6.92 Å². The van der Waals surface area contributed by atoms with Crippen molar-refractivity contribution in [2.75, 3.05) is 19.9 Å². The van der Waals surface area contributed by atoms with E-state index in [2.05, 4.69) is 53.9 Å². The average Bonchev–Trinajstić information content (AvgIpc) is 2.67. The number of rotatable bonds is 7. The fraction of sp³-hybridized carbons (Fsp3) is 0.318. The highest BCUT2D eigenvalue weighted by Crippen LogP contribution is 2.30. The van der Waals surface area contributed by atoms with Crippen LogP contribution in [0.2, 0.25) is 0 Å². The molecule has 0 aromatic heterocycles. The monoisotopic (exact) mass is 351 g/mol. The molecule has 0 saturated carbocycles. The molecule has 0 amide bonds. The van der Waals surface area contributed by atoms with Crippen molar-refractivity contribution in [1.29, 1.82) is 0 Å². The average molecular weight is 351 g/mol. The molecule has 0 atom stereocenters. The summed E-state index contributed by atoms with van der Waals surface area (Å²) in [5.74, 6) is 0.657. The van der Waals surface area contributed by atoms with Crippen LogP contribution < -0.4 is 4.74 Å². The molecule has 0 aliphatic carbocycles. The Morgan fingerprint density at radius 3 is 2.73 bits per heavy atom. The summed E-state index contributed by atoms with van der Waals surface area (Å²) in [6, 6.07) is 16.8. The molecule has 1 aliphatic rings. The summed E-state index contributed by atoms with van der Waals surface area (Å²) in [5.41, 5.74) is 4.08. The maximum absolute atomic E-state index is 11.3. The van der Waals surface area contributed by atoms with E-state index < -0.39 is 0 Å². The second-order valence-electron chi connectivity index (χ2n) is 6.64. The molecular formula is C22H25NO3. The lowest BCUT2D eigenvalue weighted by Gasteiger charge is -2.29. The van der Waals surface area contributed by atoms with Crippen LogP contribution in [0, 0.1) is 0 Å². The maximum atomic E-state index is 11.3. The first-order valence-corrected chi connectivity index (χ1v) is 8.99. The second kappa shape index (κ2) is 8.68. The second-order valence-corrected chi connectivity index (χ2v) is 6.64. The van der Waals surface area contributed by atoms with E-state index in [4.69, 9.17) is 9.47 Å².